The number of hydrogen-bond donors (Lipinski definition) is 2. The summed E-state index contributed by atoms with van der Waals surface area (Å²) in [6, 6.07) is 7.14. The van der Waals surface area contributed by atoms with Crippen LogP contribution in [0, 0.1) is 0 Å². The number of rotatable bonds is 6. The summed E-state index contributed by atoms with van der Waals surface area (Å²) >= 11 is 1.21. The molecule has 0 radical (unpaired) electrons. The number of nitrogen functional groups attached to an aromatic ring is 1. The van der Waals surface area contributed by atoms with E-state index >= 15 is 0 Å². The summed E-state index contributed by atoms with van der Waals surface area (Å²) < 4.78 is 6.36. The van der Waals surface area contributed by atoms with Crippen molar-refractivity contribution in [3.05, 3.63) is 50.7 Å². The van der Waals surface area contributed by atoms with E-state index in [1.165, 1.54) is 16.7 Å². The standard InChI is InChI=1S/C20H20N4O6S/c1-2-9-23-16(21)15(17(27)22-19(23)29)12(25)10-30-18(28)20-8-7-14(26)24(20)11-5-3-4-6-13(11)31-20/h3-6H,2,7-10,21H2,1H3,(H,22,27,29)/t20-/m1/s1. The molecule has 2 aliphatic heterocycles. The number of fused-ring (bicyclic) bond motifs is 3. The van der Waals surface area contributed by atoms with Crippen molar-refractivity contribution in [2.45, 2.75) is 42.5 Å². The molecule has 0 saturated carbocycles. The number of nitrogens with two attached hydrogens (primary N) is 1. The Labute approximate surface area is 180 Å². The number of anilines is 2. The van der Waals surface area contributed by atoms with Gasteiger partial charge in [-0.15, -0.1) is 0 Å². The van der Waals surface area contributed by atoms with Crippen LogP contribution in [0.1, 0.15) is 36.5 Å². The van der Waals surface area contributed by atoms with Crippen molar-refractivity contribution in [2.75, 3.05) is 17.2 Å². The van der Waals surface area contributed by atoms with Crippen molar-refractivity contribution < 1.29 is 19.1 Å². The second-order valence-electron chi connectivity index (χ2n) is 7.25. The molecule has 0 aliphatic carbocycles. The molecule has 31 heavy (non-hydrogen) atoms. The van der Waals surface area contributed by atoms with Crippen LogP contribution in [0.15, 0.2) is 38.8 Å². The normalized spacial score (nSPS) is 19.3. The maximum absolute atomic E-state index is 13.0. The second-order valence-corrected chi connectivity index (χ2v) is 8.57. The molecule has 0 spiro atoms. The number of carbonyl (C=O) groups is 3. The average Bonchev–Trinajstić information content (AvgIpc) is 3.25. The Kier molecular flexibility index (Phi) is 5.21. The van der Waals surface area contributed by atoms with E-state index in [4.69, 9.17) is 10.5 Å². The van der Waals surface area contributed by atoms with E-state index in [9.17, 15) is 24.0 Å². The van der Waals surface area contributed by atoms with Gasteiger partial charge in [0, 0.05) is 24.3 Å². The zero-order chi connectivity index (χ0) is 22.3. The number of hydrogen-bond acceptors (Lipinski definition) is 8. The fraction of sp³-hybridized carbons (Fsp3) is 0.350. The largest absolute Gasteiger partial charge is 0.455 e. The van der Waals surface area contributed by atoms with Crippen molar-refractivity contribution in [1.82, 2.24) is 9.55 Å². The number of nitrogens with one attached hydrogen (secondary N) is 1. The van der Waals surface area contributed by atoms with Crippen LogP contribution in [0.25, 0.3) is 0 Å². The number of thioether (sulfide) groups is 1. The van der Waals surface area contributed by atoms with Gasteiger partial charge in [0.15, 0.2) is 11.5 Å². The Hall–Kier alpha value is -3.34. The topological polar surface area (TPSA) is 145 Å². The highest BCUT2D eigenvalue weighted by Crippen LogP contribution is 2.56. The van der Waals surface area contributed by atoms with Crippen molar-refractivity contribution in [2.24, 2.45) is 0 Å². The van der Waals surface area contributed by atoms with Gasteiger partial charge in [0.1, 0.15) is 11.4 Å². The number of H-pyrrole nitrogens is 1. The summed E-state index contributed by atoms with van der Waals surface area (Å²) in [5.41, 5.74) is 4.44. The van der Waals surface area contributed by atoms with Crippen LogP contribution >= 0.6 is 11.8 Å². The number of aromatic nitrogens is 2. The lowest BCUT2D eigenvalue weighted by molar-refractivity contribution is -0.145. The lowest BCUT2D eigenvalue weighted by atomic mass is 10.2. The van der Waals surface area contributed by atoms with Crippen LogP contribution in [-0.2, 0) is 20.9 Å². The van der Waals surface area contributed by atoms with E-state index in [0.717, 1.165) is 9.46 Å². The molecule has 10 nitrogen and oxygen atoms in total. The fourth-order valence-corrected chi connectivity index (χ4v) is 5.30. The van der Waals surface area contributed by atoms with Crippen LogP contribution in [-0.4, -0.2) is 38.7 Å². The van der Waals surface area contributed by atoms with Crippen LogP contribution in [0.4, 0.5) is 11.5 Å². The first-order valence-electron chi connectivity index (χ1n) is 9.74. The number of ether oxygens (including phenoxy) is 1. The molecule has 2 aromatic rings. The number of aromatic amines is 1. The van der Waals surface area contributed by atoms with Gasteiger partial charge in [-0.3, -0.25) is 28.8 Å². The maximum atomic E-state index is 13.0. The highest BCUT2D eigenvalue weighted by atomic mass is 32.2. The van der Waals surface area contributed by atoms with Gasteiger partial charge >= 0.3 is 11.7 Å². The number of nitrogens with zero attached hydrogens (tertiary/aromatic N) is 2. The van der Waals surface area contributed by atoms with Gasteiger partial charge in [0.25, 0.3) is 5.56 Å². The third-order valence-electron chi connectivity index (χ3n) is 5.29. The molecular formula is C20H20N4O6S. The Bertz CT molecular complexity index is 1220. The summed E-state index contributed by atoms with van der Waals surface area (Å²) in [4.78, 5) is 65.2. The number of benzene rings is 1. The summed E-state index contributed by atoms with van der Waals surface area (Å²) in [6.45, 7) is 1.29. The molecule has 4 rings (SSSR count). The van der Waals surface area contributed by atoms with Crippen LogP contribution in [0.2, 0.25) is 0 Å². The smallest absolute Gasteiger partial charge is 0.343 e. The quantitative estimate of drug-likeness (QED) is 0.493. The van der Waals surface area contributed by atoms with Gasteiger partial charge in [0.2, 0.25) is 11.7 Å². The highest BCUT2D eigenvalue weighted by Gasteiger charge is 2.58. The Morgan fingerprint density at radius 1 is 1.26 bits per heavy atom. The molecule has 3 heterocycles. The Balaban J connectivity index is 1.57. The van der Waals surface area contributed by atoms with Crippen LogP contribution in [0.3, 0.4) is 0 Å². The first kappa shape index (κ1) is 20.9. The molecule has 1 atom stereocenters. The maximum Gasteiger partial charge on any atom is 0.343 e. The molecule has 3 N–H and O–H groups in total. The summed E-state index contributed by atoms with van der Waals surface area (Å²) in [7, 11) is 0. The first-order chi connectivity index (χ1) is 14.8. The number of para-hydroxylation sites is 1. The summed E-state index contributed by atoms with van der Waals surface area (Å²) in [5.74, 6) is -2.04. The van der Waals surface area contributed by atoms with Crippen LogP contribution in [0.5, 0.6) is 0 Å². The van der Waals surface area contributed by atoms with E-state index < -0.39 is 40.0 Å². The van der Waals surface area contributed by atoms with E-state index in [1.54, 1.807) is 18.2 Å². The third-order valence-corrected chi connectivity index (χ3v) is 6.75. The molecule has 0 bridgehead atoms. The van der Waals surface area contributed by atoms with Gasteiger partial charge in [0.05, 0.1) is 5.69 Å². The van der Waals surface area contributed by atoms with Crippen molar-refractivity contribution >= 4 is 40.9 Å². The van der Waals surface area contributed by atoms with E-state index in [2.05, 4.69) is 4.98 Å². The van der Waals surface area contributed by atoms with Crippen LogP contribution < -0.4 is 21.9 Å². The minimum atomic E-state index is -1.28. The number of carbonyl (C=O) groups excluding carboxylic acids is 3. The predicted octanol–water partition coefficient (Wildman–Crippen LogP) is 0.884. The van der Waals surface area contributed by atoms with E-state index in [0.29, 0.717) is 12.1 Å². The SMILES string of the molecule is CCCn1c(N)c(C(=O)COC(=O)[C@]23CCC(=O)N2c2ccccc2S3)c(=O)[nH]c1=O. The zero-order valence-corrected chi connectivity index (χ0v) is 17.5. The molecule has 1 aromatic heterocycles. The second kappa shape index (κ2) is 7.73. The Morgan fingerprint density at radius 2 is 2.00 bits per heavy atom. The molecule has 1 saturated heterocycles. The number of esters is 1. The molecule has 11 heteroatoms. The number of amides is 1. The first-order valence-corrected chi connectivity index (χ1v) is 10.6. The van der Waals surface area contributed by atoms with Gasteiger partial charge in [-0.2, -0.15) is 0 Å². The Morgan fingerprint density at radius 3 is 2.74 bits per heavy atom. The molecule has 1 fully saturated rings. The number of Topliss-reactive ketones (excluding diaryl/α,β-unsaturated/α-hetero) is 1. The van der Waals surface area contributed by atoms with E-state index in [-0.39, 0.29) is 31.1 Å². The van der Waals surface area contributed by atoms with E-state index in [1.807, 2.05) is 13.0 Å². The minimum Gasteiger partial charge on any atom is -0.455 e. The lowest BCUT2D eigenvalue weighted by Crippen LogP contribution is -2.48. The molecule has 2 aliphatic rings. The zero-order valence-electron chi connectivity index (χ0n) is 16.7. The molecule has 1 amide bonds. The highest BCUT2D eigenvalue weighted by molar-refractivity contribution is 8.02. The lowest BCUT2D eigenvalue weighted by Gasteiger charge is -2.28. The monoisotopic (exact) mass is 444 g/mol. The fourth-order valence-electron chi connectivity index (χ4n) is 3.89. The minimum absolute atomic E-state index is 0.180. The van der Waals surface area contributed by atoms with Gasteiger partial charge < -0.3 is 10.5 Å². The average molecular weight is 444 g/mol. The van der Waals surface area contributed by atoms with Gasteiger partial charge in [-0.25, -0.2) is 9.59 Å². The summed E-state index contributed by atoms with van der Waals surface area (Å²) in [5, 5.41) is 0. The molecule has 162 valence electrons. The van der Waals surface area contributed by atoms with Crippen molar-refractivity contribution in [1.29, 1.82) is 0 Å². The number of ketones is 1. The van der Waals surface area contributed by atoms with Gasteiger partial charge in [-0.05, 0) is 18.6 Å². The van der Waals surface area contributed by atoms with Crippen molar-refractivity contribution in [3.63, 3.8) is 0 Å². The molecule has 1 aromatic carbocycles. The molecule has 0 unspecified atom stereocenters. The van der Waals surface area contributed by atoms with Gasteiger partial charge in [-0.1, -0.05) is 30.8 Å². The predicted molar refractivity (Wildman–Crippen MR) is 113 cm³/mol. The summed E-state index contributed by atoms with van der Waals surface area (Å²) in [6.07, 6.45) is 0.976. The van der Waals surface area contributed by atoms with Crippen molar-refractivity contribution in [3.8, 4) is 0 Å². The third kappa shape index (κ3) is 3.25. The molecular weight excluding hydrogens is 424 g/mol.